The Morgan fingerprint density at radius 3 is 2.65 bits per heavy atom. The average molecular weight is 432 g/mol. The number of halogens is 3. The fourth-order valence-electron chi connectivity index (χ4n) is 2.98. The Kier molecular flexibility index (Phi) is 6.16. The van der Waals surface area contributed by atoms with E-state index in [1.807, 2.05) is 0 Å². The molecule has 8 nitrogen and oxygen atoms in total. The molecule has 0 radical (unpaired) electrons. The van der Waals surface area contributed by atoms with Crippen molar-refractivity contribution in [3.63, 3.8) is 0 Å². The average Bonchev–Trinajstić information content (AvgIpc) is 2.72. The standard InChI is InChI=1S/C20H19F3N6O2/c1-11(30)9-29-10-27-18-14(19(29)31)5-15(28-17(18)13(6-24)7-25-2)12-3-4-16(26-8-12)20(21,22)23/h3-8,10-11,24-25,30H,9H2,1-2H3/b13-7+,24-6?. The van der Waals surface area contributed by atoms with Crippen LogP contribution in [0.25, 0.3) is 27.7 Å². The molecule has 0 saturated carbocycles. The molecule has 3 rings (SSSR count). The molecule has 0 spiro atoms. The lowest BCUT2D eigenvalue weighted by molar-refractivity contribution is -0.141. The second kappa shape index (κ2) is 8.64. The van der Waals surface area contributed by atoms with Crippen LogP contribution >= 0.6 is 0 Å². The molecule has 0 saturated heterocycles. The number of aliphatic hydroxyl groups is 1. The van der Waals surface area contributed by atoms with Crippen LogP contribution in [0.15, 0.2) is 41.7 Å². The van der Waals surface area contributed by atoms with Crippen molar-refractivity contribution in [3.05, 3.63) is 58.7 Å². The van der Waals surface area contributed by atoms with Gasteiger partial charge in [-0.1, -0.05) is 0 Å². The summed E-state index contributed by atoms with van der Waals surface area (Å²) in [6.45, 7) is 1.54. The van der Waals surface area contributed by atoms with Crippen molar-refractivity contribution in [3.8, 4) is 11.3 Å². The second-order valence-electron chi connectivity index (χ2n) is 6.77. The van der Waals surface area contributed by atoms with Gasteiger partial charge in [0.05, 0.1) is 30.1 Å². The SMILES string of the molecule is CN/C=C(\C=N)c1nc(-c2ccc(C(F)(F)F)nc2)cc2c(=O)n(CC(C)O)cnc12. The Labute approximate surface area is 174 Å². The lowest BCUT2D eigenvalue weighted by atomic mass is 10.1. The van der Waals surface area contributed by atoms with E-state index in [4.69, 9.17) is 5.41 Å². The van der Waals surface area contributed by atoms with Gasteiger partial charge in [0.1, 0.15) is 16.9 Å². The first-order valence-corrected chi connectivity index (χ1v) is 9.16. The Morgan fingerprint density at radius 2 is 2.10 bits per heavy atom. The van der Waals surface area contributed by atoms with Gasteiger partial charge >= 0.3 is 6.18 Å². The predicted molar refractivity (Wildman–Crippen MR) is 110 cm³/mol. The van der Waals surface area contributed by atoms with Crippen LogP contribution in [0.1, 0.15) is 18.3 Å². The van der Waals surface area contributed by atoms with Crippen LogP contribution in [0.3, 0.4) is 0 Å². The maximum atomic E-state index is 13.0. The molecule has 162 valence electrons. The van der Waals surface area contributed by atoms with E-state index in [2.05, 4.69) is 20.3 Å². The van der Waals surface area contributed by atoms with Gasteiger partial charge < -0.3 is 15.8 Å². The molecule has 0 aromatic carbocycles. The summed E-state index contributed by atoms with van der Waals surface area (Å²) in [5.41, 5.74) is -0.303. The molecule has 1 unspecified atom stereocenters. The maximum absolute atomic E-state index is 13.0. The molecule has 3 aromatic heterocycles. The monoisotopic (exact) mass is 432 g/mol. The second-order valence-corrected chi connectivity index (χ2v) is 6.77. The lowest BCUT2D eigenvalue weighted by Gasteiger charge is -2.13. The van der Waals surface area contributed by atoms with Crippen molar-refractivity contribution < 1.29 is 18.3 Å². The number of hydrogen-bond acceptors (Lipinski definition) is 7. The van der Waals surface area contributed by atoms with Crippen molar-refractivity contribution in [2.24, 2.45) is 0 Å². The Balaban J connectivity index is 2.29. The third-order valence-electron chi connectivity index (χ3n) is 4.35. The van der Waals surface area contributed by atoms with Gasteiger partial charge in [-0.15, -0.1) is 0 Å². The molecule has 3 aromatic rings. The van der Waals surface area contributed by atoms with Gasteiger partial charge in [-0.2, -0.15) is 13.2 Å². The quantitative estimate of drug-likeness (QED) is 0.515. The van der Waals surface area contributed by atoms with Crippen LogP contribution in [0, 0.1) is 5.41 Å². The summed E-state index contributed by atoms with van der Waals surface area (Å²) in [4.78, 5) is 25.2. The van der Waals surface area contributed by atoms with E-state index in [0.717, 1.165) is 18.5 Å². The minimum atomic E-state index is -4.58. The summed E-state index contributed by atoms with van der Waals surface area (Å²) in [6, 6.07) is 3.46. The molecule has 1 atom stereocenters. The Hall–Kier alpha value is -3.60. The highest BCUT2D eigenvalue weighted by atomic mass is 19.4. The van der Waals surface area contributed by atoms with E-state index in [9.17, 15) is 23.1 Å². The number of allylic oxidation sites excluding steroid dienone is 1. The first kappa shape index (κ1) is 22.1. The van der Waals surface area contributed by atoms with Gasteiger partial charge in [0.15, 0.2) is 0 Å². The largest absolute Gasteiger partial charge is 0.433 e. The number of aliphatic hydroxyl groups excluding tert-OH is 1. The zero-order valence-corrected chi connectivity index (χ0v) is 16.6. The molecule has 0 aliphatic rings. The number of fused-ring (bicyclic) bond motifs is 1. The van der Waals surface area contributed by atoms with E-state index in [1.165, 1.54) is 36.2 Å². The van der Waals surface area contributed by atoms with Crippen molar-refractivity contribution in [2.45, 2.75) is 25.7 Å². The van der Waals surface area contributed by atoms with E-state index in [0.29, 0.717) is 5.57 Å². The molecular formula is C20H19F3N6O2. The first-order valence-electron chi connectivity index (χ1n) is 9.16. The van der Waals surface area contributed by atoms with Crippen LogP contribution < -0.4 is 10.9 Å². The van der Waals surface area contributed by atoms with Gasteiger partial charge in [0.2, 0.25) is 0 Å². The van der Waals surface area contributed by atoms with Gasteiger partial charge in [-0.3, -0.25) is 14.3 Å². The van der Waals surface area contributed by atoms with Crippen molar-refractivity contribution in [1.29, 1.82) is 5.41 Å². The van der Waals surface area contributed by atoms with Crippen molar-refractivity contribution in [2.75, 3.05) is 7.05 Å². The molecule has 0 amide bonds. The highest BCUT2D eigenvalue weighted by molar-refractivity contribution is 6.12. The maximum Gasteiger partial charge on any atom is 0.433 e. The third kappa shape index (κ3) is 4.61. The smallest absolute Gasteiger partial charge is 0.393 e. The molecule has 0 fully saturated rings. The van der Waals surface area contributed by atoms with Crippen LogP contribution in [0.5, 0.6) is 0 Å². The number of alkyl halides is 3. The van der Waals surface area contributed by atoms with Crippen molar-refractivity contribution >= 4 is 22.7 Å². The number of nitrogens with zero attached hydrogens (tertiary/aromatic N) is 4. The first-order chi connectivity index (χ1) is 14.7. The number of rotatable bonds is 6. The minimum absolute atomic E-state index is 0.0143. The predicted octanol–water partition coefficient (Wildman–Crippen LogP) is 2.46. The molecular weight excluding hydrogens is 413 g/mol. The summed E-state index contributed by atoms with van der Waals surface area (Å²) in [7, 11) is 1.62. The van der Waals surface area contributed by atoms with Crippen LogP contribution in [0.2, 0.25) is 0 Å². The van der Waals surface area contributed by atoms with Crippen LogP contribution in [0.4, 0.5) is 13.2 Å². The van der Waals surface area contributed by atoms with E-state index in [-0.39, 0.29) is 34.4 Å². The fraction of sp³-hybridized carbons (Fsp3) is 0.250. The van der Waals surface area contributed by atoms with Crippen LogP contribution in [-0.2, 0) is 12.7 Å². The highest BCUT2D eigenvalue weighted by Crippen LogP contribution is 2.30. The van der Waals surface area contributed by atoms with E-state index in [1.54, 1.807) is 7.05 Å². The molecule has 0 aliphatic heterocycles. The third-order valence-corrected chi connectivity index (χ3v) is 4.35. The number of hydrogen-bond donors (Lipinski definition) is 3. The molecule has 3 N–H and O–H groups in total. The van der Waals surface area contributed by atoms with Gasteiger partial charge in [0.25, 0.3) is 5.56 Å². The van der Waals surface area contributed by atoms with Gasteiger partial charge in [-0.25, -0.2) is 9.97 Å². The fourth-order valence-corrected chi connectivity index (χ4v) is 2.98. The van der Waals surface area contributed by atoms with Crippen LogP contribution in [-0.4, -0.2) is 44.0 Å². The summed E-state index contributed by atoms with van der Waals surface area (Å²) in [5.74, 6) is 0. The summed E-state index contributed by atoms with van der Waals surface area (Å²) < 4.78 is 39.8. The molecule has 0 bridgehead atoms. The van der Waals surface area contributed by atoms with Gasteiger partial charge in [0, 0.05) is 36.8 Å². The Bertz CT molecular complexity index is 1200. The topological polar surface area (TPSA) is 117 Å². The zero-order chi connectivity index (χ0) is 22.8. The summed E-state index contributed by atoms with van der Waals surface area (Å²) in [5, 5.41) is 20.2. The molecule has 0 aliphatic carbocycles. The van der Waals surface area contributed by atoms with Gasteiger partial charge in [-0.05, 0) is 25.1 Å². The highest BCUT2D eigenvalue weighted by Gasteiger charge is 2.32. The normalized spacial score (nSPS) is 13.3. The van der Waals surface area contributed by atoms with Crippen molar-refractivity contribution in [1.82, 2.24) is 24.8 Å². The number of aromatic nitrogens is 4. The lowest BCUT2D eigenvalue weighted by Crippen LogP contribution is -2.26. The number of pyridine rings is 2. The van der Waals surface area contributed by atoms with E-state index >= 15 is 0 Å². The zero-order valence-electron chi connectivity index (χ0n) is 16.6. The summed E-state index contributed by atoms with van der Waals surface area (Å²) in [6.07, 6.45) is -0.552. The summed E-state index contributed by atoms with van der Waals surface area (Å²) >= 11 is 0. The molecule has 3 heterocycles. The minimum Gasteiger partial charge on any atom is -0.393 e. The molecule has 31 heavy (non-hydrogen) atoms. The number of nitrogens with one attached hydrogen (secondary N) is 2. The molecule has 11 heteroatoms. The Morgan fingerprint density at radius 1 is 1.35 bits per heavy atom. The van der Waals surface area contributed by atoms with E-state index < -0.39 is 23.5 Å².